The Morgan fingerprint density at radius 2 is 2.10 bits per heavy atom. The Bertz CT molecular complexity index is 598. The third-order valence-corrected chi connectivity index (χ3v) is 6.30. The van der Waals surface area contributed by atoms with Gasteiger partial charge in [0.2, 0.25) is 10.0 Å². The summed E-state index contributed by atoms with van der Waals surface area (Å²) in [5, 5.41) is 3.25. The molecule has 0 bridgehead atoms. The van der Waals surface area contributed by atoms with Crippen LogP contribution in [-0.2, 0) is 16.4 Å². The Kier molecular flexibility index (Phi) is 3.73. The average molecular weight is 294 g/mol. The molecule has 1 fully saturated rings. The molecular formula is C15H22N2O2S. The zero-order valence-corrected chi connectivity index (χ0v) is 12.7. The number of nitrogens with one attached hydrogen (secondary N) is 1. The van der Waals surface area contributed by atoms with E-state index in [1.165, 1.54) is 5.56 Å². The first-order chi connectivity index (χ1) is 9.57. The van der Waals surface area contributed by atoms with Crippen molar-refractivity contribution in [1.29, 1.82) is 0 Å². The van der Waals surface area contributed by atoms with Crippen LogP contribution in [0.5, 0.6) is 0 Å². The zero-order chi connectivity index (χ0) is 14.2. The van der Waals surface area contributed by atoms with E-state index < -0.39 is 10.0 Å². The summed E-state index contributed by atoms with van der Waals surface area (Å²) in [4.78, 5) is 0.431. The molecule has 1 N–H and O–H groups in total. The van der Waals surface area contributed by atoms with Gasteiger partial charge in [-0.15, -0.1) is 0 Å². The summed E-state index contributed by atoms with van der Waals surface area (Å²) in [6.45, 7) is 4.40. The van der Waals surface area contributed by atoms with Gasteiger partial charge in [-0.2, -0.15) is 4.31 Å². The molecular weight excluding hydrogens is 272 g/mol. The number of sulfonamides is 1. The summed E-state index contributed by atoms with van der Waals surface area (Å²) in [6.07, 6.45) is 4.03. The van der Waals surface area contributed by atoms with Crippen LogP contribution < -0.4 is 5.32 Å². The summed E-state index contributed by atoms with van der Waals surface area (Å²) < 4.78 is 27.1. The van der Waals surface area contributed by atoms with Gasteiger partial charge in [-0.05, 0) is 49.3 Å². The molecule has 1 aromatic carbocycles. The fourth-order valence-corrected chi connectivity index (χ4v) is 4.58. The number of benzene rings is 1. The molecule has 110 valence electrons. The van der Waals surface area contributed by atoms with Crippen LogP contribution in [-0.4, -0.2) is 32.4 Å². The lowest BCUT2D eigenvalue weighted by atomic mass is 10.0. The minimum Gasteiger partial charge on any atom is -0.384 e. The van der Waals surface area contributed by atoms with Crippen LogP contribution in [0.15, 0.2) is 23.1 Å². The average Bonchev–Trinajstić information content (AvgIpc) is 2.78. The molecule has 0 saturated carbocycles. The fraction of sp³-hybridized carbons (Fsp3) is 0.600. The second-order valence-corrected chi connectivity index (χ2v) is 7.87. The summed E-state index contributed by atoms with van der Waals surface area (Å²) in [7, 11) is -3.34. The van der Waals surface area contributed by atoms with Crippen LogP contribution in [0.3, 0.4) is 0 Å². The van der Waals surface area contributed by atoms with Crippen LogP contribution in [0.1, 0.15) is 31.7 Å². The van der Waals surface area contributed by atoms with Crippen LogP contribution in [0.4, 0.5) is 5.69 Å². The molecule has 0 amide bonds. The second-order valence-electron chi connectivity index (χ2n) is 5.94. The number of rotatable bonds is 2. The normalized spacial score (nSPS) is 23.9. The molecule has 2 aliphatic heterocycles. The van der Waals surface area contributed by atoms with Crippen molar-refractivity contribution in [3.05, 3.63) is 23.8 Å². The second kappa shape index (κ2) is 5.37. The first-order valence-electron chi connectivity index (χ1n) is 7.44. The Morgan fingerprint density at radius 1 is 1.25 bits per heavy atom. The van der Waals surface area contributed by atoms with Crippen molar-refractivity contribution in [1.82, 2.24) is 4.31 Å². The lowest BCUT2D eigenvalue weighted by molar-refractivity contribution is 0.417. The van der Waals surface area contributed by atoms with Crippen molar-refractivity contribution in [2.75, 3.05) is 25.0 Å². The van der Waals surface area contributed by atoms with E-state index in [-0.39, 0.29) is 0 Å². The maximum atomic E-state index is 12.7. The van der Waals surface area contributed by atoms with Crippen molar-refractivity contribution in [2.24, 2.45) is 5.92 Å². The van der Waals surface area contributed by atoms with Crippen LogP contribution >= 0.6 is 0 Å². The van der Waals surface area contributed by atoms with Gasteiger partial charge in [0.25, 0.3) is 0 Å². The minimum absolute atomic E-state index is 0.431. The summed E-state index contributed by atoms with van der Waals surface area (Å²) >= 11 is 0. The largest absolute Gasteiger partial charge is 0.384 e. The third-order valence-electron chi connectivity index (χ3n) is 4.40. The minimum atomic E-state index is -3.34. The predicted octanol–water partition coefficient (Wildman–Crippen LogP) is 2.47. The quantitative estimate of drug-likeness (QED) is 0.911. The number of hydrogen-bond acceptors (Lipinski definition) is 3. The van der Waals surface area contributed by atoms with Crippen LogP contribution in [0.2, 0.25) is 0 Å². The molecule has 4 nitrogen and oxygen atoms in total. The molecule has 1 unspecified atom stereocenters. The number of hydrogen-bond donors (Lipinski definition) is 1. The lowest BCUT2D eigenvalue weighted by Crippen LogP contribution is -2.32. The maximum Gasteiger partial charge on any atom is 0.243 e. The van der Waals surface area contributed by atoms with Gasteiger partial charge in [0.05, 0.1) is 4.90 Å². The van der Waals surface area contributed by atoms with E-state index in [0.29, 0.717) is 23.9 Å². The molecule has 2 heterocycles. The SMILES string of the molecule is CC1CCCN(S(=O)(=O)c2ccc3c(c2)NCC3)CC1. The Balaban J connectivity index is 1.87. The topological polar surface area (TPSA) is 49.4 Å². The first kappa shape index (κ1) is 13.9. The van der Waals surface area contributed by atoms with Crippen molar-refractivity contribution in [3.63, 3.8) is 0 Å². The molecule has 3 rings (SSSR count). The van der Waals surface area contributed by atoms with Crippen molar-refractivity contribution < 1.29 is 8.42 Å². The maximum absolute atomic E-state index is 12.7. The highest BCUT2D eigenvalue weighted by atomic mass is 32.2. The van der Waals surface area contributed by atoms with Gasteiger partial charge >= 0.3 is 0 Å². The summed E-state index contributed by atoms with van der Waals surface area (Å²) in [5.41, 5.74) is 2.20. The van der Waals surface area contributed by atoms with Crippen LogP contribution in [0.25, 0.3) is 0 Å². The molecule has 5 heteroatoms. The molecule has 0 aromatic heterocycles. The highest BCUT2D eigenvalue weighted by Crippen LogP contribution is 2.28. The van der Waals surface area contributed by atoms with Gasteiger partial charge in [-0.25, -0.2) is 8.42 Å². The van der Waals surface area contributed by atoms with E-state index in [4.69, 9.17) is 0 Å². The number of anilines is 1. The molecule has 1 aromatic rings. The Labute approximate surface area is 121 Å². The molecule has 1 atom stereocenters. The zero-order valence-electron chi connectivity index (χ0n) is 11.9. The Hall–Kier alpha value is -1.07. The van der Waals surface area contributed by atoms with Gasteiger partial charge in [0.1, 0.15) is 0 Å². The van der Waals surface area contributed by atoms with E-state index in [1.54, 1.807) is 16.4 Å². The van der Waals surface area contributed by atoms with Crippen molar-refractivity contribution in [3.8, 4) is 0 Å². The van der Waals surface area contributed by atoms with E-state index in [9.17, 15) is 8.42 Å². The van der Waals surface area contributed by atoms with Gasteiger partial charge in [-0.3, -0.25) is 0 Å². The fourth-order valence-electron chi connectivity index (χ4n) is 3.06. The Morgan fingerprint density at radius 3 is 2.95 bits per heavy atom. The number of fused-ring (bicyclic) bond motifs is 1. The van der Waals surface area contributed by atoms with Crippen molar-refractivity contribution >= 4 is 15.7 Å². The molecule has 1 saturated heterocycles. The third kappa shape index (κ3) is 2.56. The van der Waals surface area contributed by atoms with Crippen molar-refractivity contribution in [2.45, 2.75) is 37.5 Å². The molecule has 2 aliphatic rings. The van der Waals surface area contributed by atoms with E-state index >= 15 is 0 Å². The summed E-state index contributed by atoms with van der Waals surface area (Å²) in [5.74, 6) is 0.622. The lowest BCUT2D eigenvalue weighted by Gasteiger charge is -2.20. The molecule has 0 aliphatic carbocycles. The first-order valence-corrected chi connectivity index (χ1v) is 8.88. The highest BCUT2D eigenvalue weighted by Gasteiger charge is 2.27. The monoisotopic (exact) mass is 294 g/mol. The summed E-state index contributed by atoms with van der Waals surface area (Å²) in [6, 6.07) is 5.50. The number of nitrogens with zero attached hydrogens (tertiary/aromatic N) is 1. The van der Waals surface area contributed by atoms with Crippen LogP contribution in [0, 0.1) is 5.92 Å². The van der Waals surface area contributed by atoms with Gasteiger partial charge in [-0.1, -0.05) is 13.0 Å². The van der Waals surface area contributed by atoms with E-state index in [1.807, 2.05) is 6.07 Å². The molecule has 0 radical (unpaired) electrons. The van der Waals surface area contributed by atoms with Gasteiger partial charge < -0.3 is 5.32 Å². The highest BCUT2D eigenvalue weighted by molar-refractivity contribution is 7.89. The molecule has 20 heavy (non-hydrogen) atoms. The van der Waals surface area contributed by atoms with E-state index in [0.717, 1.165) is 37.9 Å². The van der Waals surface area contributed by atoms with E-state index in [2.05, 4.69) is 12.2 Å². The van der Waals surface area contributed by atoms with Gasteiger partial charge in [0.15, 0.2) is 0 Å². The predicted molar refractivity (Wildman–Crippen MR) is 80.4 cm³/mol. The smallest absolute Gasteiger partial charge is 0.243 e. The standard InChI is InChI=1S/C15H22N2O2S/c1-12-3-2-9-17(10-7-12)20(18,19)14-5-4-13-6-8-16-15(13)11-14/h4-5,11-12,16H,2-3,6-10H2,1H3. The van der Waals surface area contributed by atoms with Gasteiger partial charge in [0, 0.05) is 25.3 Å². The molecule has 0 spiro atoms.